The third-order valence-electron chi connectivity index (χ3n) is 3.11. The van der Waals surface area contributed by atoms with Crippen LogP contribution in [0.4, 0.5) is 0 Å². The first-order valence-electron chi connectivity index (χ1n) is 5.82. The van der Waals surface area contributed by atoms with Crippen LogP contribution >= 0.6 is 39.1 Å². The van der Waals surface area contributed by atoms with Crippen LogP contribution in [-0.2, 0) is 6.54 Å². The summed E-state index contributed by atoms with van der Waals surface area (Å²) in [4.78, 5) is 0. The molecule has 3 aromatic rings. The van der Waals surface area contributed by atoms with E-state index in [2.05, 4.69) is 44.9 Å². The molecule has 0 saturated carbocycles. The number of rotatable bonds is 2. The molecule has 2 aromatic carbocycles. The Hall–Kier alpha value is -0.960. The van der Waals surface area contributed by atoms with Gasteiger partial charge in [-0.2, -0.15) is 0 Å². The highest BCUT2D eigenvalue weighted by atomic mass is 79.9. The number of halogens is 3. The van der Waals surface area contributed by atoms with E-state index >= 15 is 0 Å². The van der Waals surface area contributed by atoms with Crippen LogP contribution in [0.15, 0.2) is 53.1 Å². The highest BCUT2D eigenvalue weighted by Gasteiger charge is 2.07. The van der Waals surface area contributed by atoms with Gasteiger partial charge in [-0.3, -0.25) is 0 Å². The molecule has 96 valence electrons. The van der Waals surface area contributed by atoms with E-state index < -0.39 is 0 Å². The molecule has 1 nitrogen and oxygen atoms in total. The Morgan fingerprint density at radius 1 is 1.05 bits per heavy atom. The zero-order valence-electron chi connectivity index (χ0n) is 9.91. The summed E-state index contributed by atoms with van der Waals surface area (Å²) < 4.78 is 3.23. The van der Waals surface area contributed by atoms with Gasteiger partial charge in [-0.1, -0.05) is 57.3 Å². The van der Waals surface area contributed by atoms with Gasteiger partial charge in [-0.05, 0) is 35.2 Å². The minimum Gasteiger partial charge on any atom is -0.343 e. The topological polar surface area (TPSA) is 4.93 Å². The lowest BCUT2D eigenvalue weighted by Gasteiger charge is -2.09. The second kappa shape index (κ2) is 5.20. The second-order valence-corrected chi connectivity index (χ2v) is 6.06. The fourth-order valence-electron chi connectivity index (χ4n) is 2.15. The van der Waals surface area contributed by atoms with E-state index in [1.807, 2.05) is 18.2 Å². The van der Waals surface area contributed by atoms with Gasteiger partial charge in [-0.25, -0.2) is 0 Å². The Balaban J connectivity index is 2.06. The van der Waals surface area contributed by atoms with Crippen LogP contribution in [0.25, 0.3) is 10.9 Å². The highest BCUT2D eigenvalue weighted by Crippen LogP contribution is 2.28. The van der Waals surface area contributed by atoms with Gasteiger partial charge < -0.3 is 4.57 Å². The van der Waals surface area contributed by atoms with Crippen LogP contribution in [0.1, 0.15) is 5.56 Å². The van der Waals surface area contributed by atoms with Gasteiger partial charge in [0.15, 0.2) is 0 Å². The largest absolute Gasteiger partial charge is 0.343 e. The molecule has 0 amide bonds. The Bertz CT molecular complexity index is 749. The molecule has 4 heteroatoms. The first kappa shape index (κ1) is 13.0. The quantitative estimate of drug-likeness (QED) is 0.551. The van der Waals surface area contributed by atoms with Gasteiger partial charge >= 0.3 is 0 Å². The smallest absolute Gasteiger partial charge is 0.0642 e. The van der Waals surface area contributed by atoms with Crippen molar-refractivity contribution in [2.24, 2.45) is 0 Å². The molecular weight excluding hydrogens is 345 g/mol. The van der Waals surface area contributed by atoms with Crippen LogP contribution in [-0.4, -0.2) is 4.57 Å². The van der Waals surface area contributed by atoms with Crippen LogP contribution < -0.4 is 0 Å². The van der Waals surface area contributed by atoms with Crippen molar-refractivity contribution in [3.8, 4) is 0 Å². The van der Waals surface area contributed by atoms with Gasteiger partial charge in [-0.15, -0.1) is 0 Å². The molecule has 0 N–H and O–H groups in total. The Labute approximate surface area is 129 Å². The van der Waals surface area contributed by atoms with Crippen molar-refractivity contribution in [2.75, 3.05) is 0 Å². The average molecular weight is 355 g/mol. The molecule has 0 bridgehead atoms. The van der Waals surface area contributed by atoms with E-state index in [1.165, 1.54) is 10.9 Å². The molecule has 0 atom stereocenters. The predicted molar refractivity (Wildman–Crippen MR) is 85.2 cm³/mol. The molecule has 19 heavy (non-hydrogen) atoms. The van der Waals surface area contributed by atoms with E-state index in [-0.39, 0.29) is 0 Å². The molecule has 0 saturated heterocycles. The van der Waals surface area contributed by atoms with E-state index in [1.54, 1.807) is 6.07 Å². The van der Waals surface area contributed by atoms with Crippen molar-refractivity contribution in [3.05, 3.63) is 68.7 Å². The molecule has 1 aromatic heterocycles. The molecule has 0 unspecified atom stereocenters. The molecule has 0 aliphatic rings. The Morgan fingerprint density at radius 2 is 1.89 bits per heavy atom. The van der Waals surface area contributed by atoms with Gasteiger partial charge in [0.1, 0.15) is 0 Å². The summed E-state index contributed by atoms with van der Waals surface area (Å²) in [5.41, 5.74) is 2.19. The number of nitrogens with zero attached hydrogens (tertiary/aromatic N) is 1. The maximum Gasteiger partial charge on any atom is 0.0642 e. The van der Waals surface area contributed by atoms with Crippen molar-refractivity contribution in [1.82, 2.24) is 4.57 Å². The van der Waals surface area contributed by atoms with Crippen LogP contribution in [0.2, 0.25) is 10.0 Å². The highest BCUT2D eigenvalue weighted by molar-refractivity contribution is 9.10. The number of benzene rings is 2. The van der Waals surface area contributed by atoms with E-state index in [9.17, 15) is 0 Å². The van der Waals surface area contributed by atoms with Crippen LogP contribution in [0, 0.1) is 0 Å². The zero-order valence-corrected chi connectivity index (χ0v) is 13.0. The number of aromatic nitrogens is 1. The summed E-state index contributed by atoms with van der Waals surface area (Å²) in [7, 11) is 0. The fourth-order valence-corrected chi connectivity index (χ4v) is 2.88. The second-order valence-electron chi connectivity index (χ2n) is 4.36. The van der Waals surface area contributed by atoms with Crippen LogP contribution in [0.3, 0.4) is 0 Å². The summed E-state index contributed by atoms with van der Waals surface area (Å²) in [6.45, 7) is 0.708. The maximum absolute atomic E-state index is 6.24. The van der Waals surface area contributed by atoms with Crippen molar-refractivity contribution in [2.45, 2.75) is 6.54 Å². The first-order chi connectivity index (χ1) is 9.15. The average Bonchev–Trinajstić information content (AvgIpc) is 2.78. The summed E-state index contributed by atoms with van der Waals surface area (Å²) in [6, 6.07) is 14.1. The van der Waals surface area contributed by atoms with Crippen molar-refractivity contribution >= 4 is 50.0 Å². The maximum atomic E-state index is 6.24. The molecule has 1 heterocycles. The summed E-state index contributed by atoms with van der Waals surface area (Å²) >= 11 is 15.8. The summed E-state index contributed by atoms with van der Waals surface area (Å²) in [6.07, 6.45) is 2.06. The zero-order chi connectivity index (χ0) is 13.4. The lowest BCUT2D eigenvalue weighted by atomic mass is 10.2. The van der Waals surface area contributed by atoms with E-state index in [4.69, 9.17) is 23.2 Å². The normalized spacial score (nSPS) is 11.1. The summed E-state index contributed by atoms with van der Waals surface area (Å²) in [5.74, 6) is 0. The summed E-state index contributed by atoms with van der Waals surface area (Å²) in [5, 5.41) is 2.43. The lowest BCUT2D eigenvalue weighted by molar-refractivity contribution is 0.837. The van der Waals surface area contributed by atoms with E-state index in [0.717, 1.165) is 10.0 Å². The number of fused-ring (bicyclic) bond motifs is 1. The van der Waals surface area contributed by atoms with Crippen molar-refractivity contribution in [3.63, 3.8) is 0 Å². The molecule has 3 rings (SSSR count). The van der Waals surface area contributed by atoms with Crippen molar-refractivity contribution < 1.29 is 0 Å². The standard InChI is InChI=1S/C15H10BrCl2N/c16-12-5-4-10-6-7-19(14(10)8-12)9-11-2-1-3-13(17)15(11)18/h1-8H,9H2. The minimum absolute atomic E-state index is 0.594. The van der Waals surface area contributed by atoms with Gasteiger partial charge in [0.2, 0.25) is 0 Å². The van der Waals surface area contributed by atoms with Gasteiger partial charge in [0.05, 0.1) is 10.0 Å². The van der Waals surface area contributed by atoms with Gasteiger partial charge in [0.25, 0.3) is 0 Å². The third kappa shape index (κ3) is 2.53. The Kier molecular flexibility index (Phi) is 3.57. The van der Waals surface area contributed by atoms with Crippen molar-refractivity contribution in [1.29, 1.82) is 0 Å². The molecule has 0 radical (unpaired) electrons. The number of hydrogen-bond acceptors (Lipinski definition) is 0. The van der Waals surface area contributed by atoms with E-state index in [0.29, 0.717) is 16.6 Å². The molecule has 0 fully saturated rings. The first-order valence-corrected chi connectivity index (χ1v) is 7.37. The number of hydrogen-bond donors (Lipinski definition) is 0. The lowest BCUT2D eigenvalue weighted by Crippen LogP contribution is -1.98. The molecule has 0 aliphatic carbocycles. The Morgan fingerprint density at radius 3 is 2.74 bits per heavy atom. The molecular formula is C15H10BrCl2N. The monoisotopic (exact) mass is 353 g/mol. The SMILES string of the molecule is Clc1cccc(Cn2ccc3ccc(Br)cc32)c1Cl. The molecule has 0 aliphatic heterocycles. The minimum atomic E-state index is 0.594. The van der Waals surface area contributed by atoms with Gasteiger partial charge in [0, 0.05) is 22.7 Å². The molecule has 0 spiro atoms. The predicted octanol–water partition coefficient (Wildman–Crippen LogP) is 5.76. The fraction of sp³-hybridized carbons (Fsp3) is 0.0667. The third-order valence-corrected chi connectivity index (χ3v) is 4.46. The van der Waals surface area contributed by atoms with Crippen LogP contribution in [0.5, 0.6) is 0 Å².